The van der Waals surface area contributed by atoms with Crippen LogP contribution in [0, 0.1) is 0 Å². The van der Waals surface area contributed by atoms with Gasteiger partial charge in [0.05, 0.1) is 18.3 Å². The molecule has 4 nitrogen and oxygen atoms in total. The van der Waals surface area contributed by atoms with E-state index in [9.17, 15) is 5.11 Å². The normalized spacial score (nSPS) is 20.0. The number of benzene rings is 3. The summed E-state index contributed by atoms with van der Waals surface area (Å²) in [5.41, 5.74) is 4.66. The molecule has 1 N–H and O–H groups in total. The Morgan fingerprint density at radius 1 is 0.806 bits per heavy atom. The van der Waals surface area contributed by atoms with Crippen molar-refractivity contribution in [3.05, 3.63) is 53.6 Å². The summed E-state index contributed by atoms with van der Waals surface area (Å²) in [6.45, 7) is 12.7. The number of phenolic OH excluding ortho intramolecular Hbond substituents is 1. The van der Waals surface area contributed by atoms with Gasteiger partial charge >= 0.3 is 7.12 Å². The Labute approximate surface area is 184 Å². The van der Waals surface area contributed by atoms with E-state index in [-0.39, 0.29) is 16.6 Å². The fourth-order valence-electron chi connectivity index (χ4n) is 4.86. The summed E-state index contributed by atoms with van der Waals surface area (Å²) in [6.07, 6.45) is 0. The standard InChI is InChI=1S/C26H29BO4/c1-24(2)20-12-15(27-30-25(3,4)26(5,6)31-27)8-10-18(20)23-19-13-16(29-7)9-11-17(19)22(28)14-21(23)24/h8-14,28H,1-7H3. The number of phenols is 1. The predicted molar refractivity (Wildman–Crippen MR) is 125 cm³/mol. The van der Waals surface area contributed by atoms with Gasteiger partial charge in [0, 0.05) is 10.8 Å². The van der Waals surface area contributed by atoms with E-state index in [1.165, 1.54) is 11.1 Å². The molecule has 1 heterocycles. The minimum Gasteiger partial charge on any atom is -0.507 e. The Morgan fingerprint density at radius 2 is 1.48 bits per heavy atom. The molecule has 0 bridgehead atoms. The smallest absolute Gasteiger partial charge is 0.494 e. The first-order chi connectivity index (χ1) is 14.5. The third kappa shape index (κ3) is 2.76. The maximum absolute atomic E-state index is 10.8. The first-order valence-electron chi connectivity index (χ1n) is 10.8. The zero-order valence-electron chi connectivity index (χ0n) is 19.3. The molecule has 2 aliphatic rings. The van der Waals surface area contributed by atoms with Crippen LogP contribution in [0.3, 0.4) is 0 Å². The minimum atomic E-state index is -0.403. The van der Waals surface area contributed by atoms with E-state index < -0.39 is 7.12 Å². The fourth-order valence-corrected chi connectivity index (χ4v) is 4.86. The van der Waals surface area contributed by atoms with Gasteiger partial charge in [0.2, 0.25) is 0 Å². The number of ether oxygens (including phenoxy) is 1. The van der Waals surface area contributed by atoms with E-state index in [0.717, 1.165) is 33.1 Å². The Kier molecular flexibility index (Phi) is 4.13. The van der Waals surface area contributed by atoms with Gasteiger partial charge in [0.25, 0.3) is 0 Å². The van der Waals surface area contributed by atoms with Crippen LogP contribution in [0.2, 0.25) is 0 Å². The molecule has 1 aliphatic carbocycles. The zero-order chi connectivity index (χ0) is 22.3. The van der Waals surface area contributed by atoms with Gasteiger partial charge in [0.1, 0.15) is 11.5 Å². The molecule has 160 valence electrons. The average molecular weight is 416 g/mol. The van der Waals surface area contributed by atoms with Gasteiger partial charge < -0.3 is 19.2 Å². The molecule has 1 aliphatic heterocycles. The van der Waals surface area contributed by atoms with Gasteiger partial charge in [-0.2, -0.15) is 0 Å². The highest BCUT2D eigenvalue weighted by atomic mass is 16.7. The predicted octanol–water partition coefficient (Wildman–Crippen LogP) is 5.16. The summed E-state index contributed by atoms with van der Waals surface area (Å²) in [7, 11) is 1.26. The number of aromatic hydroxyl groups is 1. The molecule has 3 aromatic rings. The van der Waals surface area contributed by atoms with Crippen LogP contribution in [0.25, 0.3) is 21.9 Å². The second-order valence-electron chi connectivity index (χ2n) is 10.2. The minimum absolute atomic E-state index is 0.265. The van der Waals surface area contributed by atoms with Crippen molar-refractivity contribution < 1.29 is 19.2 Å². The molecule has 0 radical (unpaired) electrons. The lowest BCUT2D eigenvalue weighted by Crippen LogP contribution is -2.41. The second-order valence-corrected chi connectivity index (χ2v) is 10.2. The van der Waals surface area contributed by atoms with E-state index in [0.29, 0.717) is 5.75 Å². The monoisotopic (exact) mass is 416 g/mol. The first-order valence-corrected chi connectivity index (χ1v) is 10.8. The third-order valence-corrected chi connectivity index (χ3v) is 7.51. The van der Waals surface area contributed by atoms with Crippen LogP contribution in [-0.4, -0.2) is 30.5 Å². The fraction of sp³-hybridized carbons (Fsp3) is 0.385. The number of hydrogen-bond acceptors (Lipinski definition) is 4. The quantitative estimate of drug-likeness (QED) is 0.587. The van der Waals surface area contributed by atoms with Gasteiger partial charge in [-0.1, -0.05) is 32.0 Å². The maximum Gasteiger partial charge on any atom is 0.494 e. The van der Waals surface area contributed by atoms with E-state index >= 15 is 0 Å². The summed E-state index contributed by atoms with van der Waals surface area (Å²) in [4.78, 5) is 0. The highest BCUT2D eigenvalue weighted by Gasteiger charge is 2.52. The van der Waals surface area contributed by atoms with Crippen molar-refractivity contribution in [2.75, 3.05) is 7.11 Å². The van der Waals surface area contributed by atoms with Gasteiger partial charge in [0.15, 0.2) is 0 Å². The summed E-state index contributed by atoms with van der Waals surface area (Å²) >= 11 is 0. The van der Waals surface area contributed by atoms with Crippen molar-refractivity contribution in [1.82, 2.24) is 0 Å². The highest BCUT2D eigenvalue weighted by Crippen LogP contribution is 2.53. The topological polar surface area (TPSA) is 47.9 Å². The molecule has 3 aromatic carbocycles. The third-order valence-electron chi connectivity index (χ3n) is 7.51. The Balaban J connectivity index is 1.70. The van der Waals surface area contributed by atoms with Crippen LogP contribution in [0.5, 0.6) is 11.5 Å². The summed E-state index contributed by atoms with van der Waals surface area (Å²) in [6, 6.07) is 14.2. The van der Waals surface area contributed by atoms with Crippen molar-refractivity contribution in [2.24, 2.45) is 0 Å². The molecule has 5 rings (SSSR count). The molecular weight excluding hydrogens is 387 g/mol. The van der Waals surface area contributed by atoms with Gasteiger partial charge in [-0.15, -0.1) is 0 Å². The van der Waals surface area contributed by atoms with Gasteiger partial charge in [-0.05, 0) is 85.1 Å². The molecule has 0 aromatic heterocycles. The lowest BCUT2D eigenvalue weighted by Gasteiger charge is -2.32. The van der Waals surface area contributed by atoms with E-state index in [4.69, 9.17) is 14.0 Å². The van der Waals surface area contributed by atoms with Gasteiger partial charge in [-0.3, -0.25) is 0 Å². The van der Waals surface area contributed by atoms with Crippen LogP contribution in [0.1, 0.15) is 52.7 Å². The largest absolute Gasteiger partial charge is 0.507 e. The van der Waals surface area contributed by atoms with Crippen molar-refractivity contribution in [3.63, 3.8) is 0 Å². The molecule has 1 fully saturated rings. The summed E-state index contributed by atoms with van der Waals surface area (Å²) in [5, 5.41) is 12.6. The maximum atomic E-state index is 10.8. The summed E-state index contributed by atoms with van der Waals surface area (Å²) in [5.74, 6) is 1.07. The van der Waals surface area contributed by atoms with Crippen LogP contribution in [0.4, 0.5) is 0 Å². The van der Waals surface area contributed by atoms with Crippen molar-refractivity contribution in [2.45, 2.75) is 58.2 Å². The number of methoxy groups -OCH3 is 1. The summed E-state index contributed by atoms with van der Waals surface area (Å²) < 4.78 is 18.1. The molecule has 0 spiro atoms. The number of hydrogen-bond donors (Lipinski definition) is 1. The Bertz CT molecular complexity index is 1210. The van der Waals surface area contributed by atoms with E-state index in [2.05, 4.69) is 59.7 Å². The van der Waals surface area contributed by atoms with Crippen LogP contribution in [-0.2, 0) is 14.7 Å². The molecule has 0 saturated carbocycles. The highest BCUT2D eigenvalue weighted by molar-refractivity contribution is 6.62. The van der Waals surface area contributed by atoms with Crippen molar-refractivity contribution in [3.8, 4) is 22.6 Å². The number of fused-ring (bicyclic) bond motifs is 5. The molecular formula is C26H29BO4. The lowest BCUT2D eigenvalue weighted by atomic mass is 9.74. The van der Waals surface area contributed by atoms with Crippen LogP contribution < -0.4 is 10.2 Å². The molecule has 0 amide bonds. The SMILES string of the molecule is COc1ccc2c(O)cc3c(c2c1)-c1ccc(B2OC(C)(C)C(C)(C)O2)cc1C3(C)C. The zero-order valence-corrected chi connectivity index (χ0v) is 19.3. The Hall–Kier alpha value is -2.50. The van der Waals surface area contributed by atoms with Crippen molar-refractivity contribution in [1.29, 1.82) is 0 Å². The second kappa shape index (κ2) is 6.27. The lowest BCUT2D eigenvalue weighted by molar-refractivity contribution is 0.00578. The van der Waals surface area contributed by atoms with E-state index in [1.54, 1.807) is 7.11 Å². The molecule has 31 heavy (non-hydrogen) atoms. The van der Waals surface area contributed by atoms with Crippen LogP contribution in [0.15, 0.2) is 42.5 Å². The Morgan fingerprint density at radius 3 is 2.13 bits per heavy atom. The number of rotatable bonds is 2. The van der Waals surface area contributed by atoms with E-state index in [1.807, 2.05) is 24.3 Å². The molecule has 0 atom stereocenters. The molecule has 0 unspecified atom stereocenters. The van der Waals surface area contributed by atoms with Gasteiger partial charge in [-0.25, -0.2) is 0 Å². The van der Waals surface area contributed by atoms with Crippen molar-refractivity contribution >= 4 is 23.4 Å². The van der Waals surface area contributed by atoms with Crippen LogP contribution >= 0.6 is 0 Å². The molecule has 5 heteroatoms. The molecule has 1 saturated heterocycles. The average Bonchev–Trinajstić information content (AvgIpc) is 3.07. The first kappa shape index (κ1) is 20.4.